The van der Waals surface area contributed by atoms with E-state index in [0.717, 1.165) is 43.7 Å². The molecule has 32 heavy (non-hydrogen) atoms. The minimum atomic E-state index is -4.79. The van der Waals surface area contributed by atoms with Gasteiger partial charge in [0.05, 0.1) is 5.56 Å². The second-order valence-corrected chi connectivity index (χ2v) is 7.45. The molecule has 1 aromatic heterocycles. The lowest BCUT2D eigenvalue weighted by atomic mass is 10.1. The molecule has 9 heteroatoms. The van der Waals surface area contributed by atoms with Crippen LogP contribution in [0.4, 0.5) is 17.6 Å². The fourth-order valence-electron chi connectivity index (χ4n) is 2.93. The van der Waals surface area contributed by atoms with Gasteiger partial charge in [-0.25, -0.2) is 14.4 Å². The Kier molecular flexibility index (Phi) is 9.87. The van der Waals surface area contributed by atoms with E-state index in [9.17, 15) is 22.4 Å². The number of unbranched alkanes of at least 4 members (excludes halogenated alkanes) is 3. The smallest absolute Gasteiger partial charge is 0.428 e. The van der Waals surface area contributed by atoms with E-state index in [1.807, 2.05) is 0 Å². The fourth-order valence-corrected chi connectivity index (χ4v) is 2.93. The van der Waals surface area contributed by atoms with Crippen molar-refractivity contribution in [2.24, 2.45) is 0 Å². The van der Waals surface area contributed by atoms with E-state index in [-0.39, 0.29) is 23.6 Å². The van der Waals surface area contributed by atoms with Gasteiger partial charge in [-0.1, -0.05) is 33.1 Å². The zero-order chi connectivity index (χ0) is 23.6. The van der Waals surface area contributed by atoms with Crippen molar-refractivity contribution in [3.05, 3.63) is 42.0 Å². The van der Waals surface area contributed by atoms with Gasteiger partial charge in [-0.05, 0) is 37.0 Å². The molecule has 0 saturated heterocycles. The van der Waals surface area contributed by atoms with Crippen molar-refractivity contribution in [2.75, 3.05) is 6.61 Å². The highest BCUT2D eigenvalue weighted by atomic mass is 19.4. The van der Waals surface area contributed by atoms with Crippen molar-refractivity contribution >= 4 is 5.97 Å². The Bertz CT molecular complexity index is 857. The Balaban J connectivity index is 2.05. The number of carbonyl (C=O) groups excluding carboxylic acids is 1. The monoisotopic (exact) mass is 456 g/mol. The molecule has 0 bridgehead atoms. The highest BCUT2D eigenvalue weighted by Crippen LogP contribution is 2.29. The van der Waals surface area contributed by atoms with E-state index >= 15 is 0 Å². The van der Waals surface area contributed by atoms with Crippen LogP contribution in [-0.4, -0.2) is 34.8 Å². The number of aryl methyl sites for hydroxylation is 1. The van der Waals surface area contributed by atoms with Gasteiger partial charge in [0.25, 0.3) is 0 Å². The van der Waals surface area contributed by atoms with Gasteiger partial charge in [0.2, 0.25) is 6.10 Å². The van der Waals surface area contributed by atoms with E-state index in [4.69, 9.17) is 4.74 Å². The second kappa shape index (κ2) is 12.4. The van der Waals surface area contributed by atoms with Gasteiger partial charge in [0.1, 0.15) is 18.2 Å². The molecule has 0 N–H and O–H groups in total. The van der Waals surface area contributed by atoms with Gasteiger partial charge in [0.15, 0.2) is 5.82 Å². The quantitative estimate of drug-likeness (QED) is 0.221. The Labute approximate surface area is 185 Å². The summed E-state index contributed by atoms with van der Waals surface area (Å²) >= 11 is 0. The molecule has 5 nitrogen and oxygen atoms in total. The third-order valence-corrected chi connectivity index (χ3v) is 4.70. The predicted molar refractivity (Wildman–Crippen MR) is 112 cm³/mol. The molecule has 0 fully saturated rings. The number of rotatable bonds is 12. The largest absolute Gasteiger partial charge is 0.477 e. The maximum atomic E-state index is 14.6. The van der Waals surface area contributed by atoms with Gasteiger partial charge in [0, 0.05) is 24.9 Å². The van der Waals surface area contributed by atoms with Gasteiger partial charge in [-0.3, -0.25) is 4.79 Å². The summed E-state index contributed by atoms with van der Waals surface area (Å²) in [6.07, 6.45) is 1.78. The normalized spacial score (nSPS) is 12.4. The molecule has 1 unspecified atom stereocenters. The van der Waals surface area contributed by atoms with Gasteiger partial charge in [-0.2, -0.15) is 13.2 Å². The third kappa shape index (κ3) is 8.09. The summed E-state index contributed by atoms with van der Waals surface area (Å²) in [7, 11) is 0. The summed E-state index contributed by atoms with van der Waals surface area (Å²) in [5, 5.41) is 0. The van der Waals surface area contributed by atoms with Crippen molar-refractivity contribution in [1.82, 2.24) is 9.97 Å². The second-order valence-electron chi connectivity index (χ2n) is 7.45. The van der Waals surface area contributed by atoms with Crippen molar-refractivity contribution in [2.45, 2.75) is 71.1 Å². The number of carbonyl (C=O) groups is 1. The zero-order valence-electron chi connectivity index (χ0n) is 18.3. The molecule has 0 radical (unpaired) electrons. The highest BCUT2D eigenvalue weighted by molar-refractivity contribution is 5.69. The Morgan fingerprint density at radius 3 is 2.38 bits per heavy atom. The molecule has 0 aliphatic rings. The summed E-state index contributed by atoms with van der Waals surface area (Å²) in [6.45, 7) is 2.83. The van der Waals surface area contributed by atoms with Crippen molar-refractivity contribution in [3.8, 4) is 17.1 Å². The van der Waals surface area contributed by atoms with Gasteiger partial charge >= 0.3 is 12.1 Å². The number of ether oxygens (including phenoxy) is 2. The van der Waals surface area contributed by atoms with Crippen molar-refractivity contribution < 1.29 is 31.8 Å². The SMILES string of the molecule is CCCCCCc1cnc(-c2ccc(OC(COC(=O)CCC)C(F)(F)F)cc2F)nc1. The molecule has 0 aliphatic carbocycles. The Morgan fingerprint density at radius 2 is 1.78 bits per heavy atom. The van der Waals surface area contributed by atoms with Crippen molar-refractivity contribution in [3.63, 3.8) is 0 Å². The van der Waals surface area contributed by atoms with E-state index in [0.29, 0.717) is 6.42 Å². The molecule has 0 spiro atoms. The summed E-state index contributed by atoms with van der Waals surface area (Å²) in [6, 6.07) is 3.30. The standard InChI is InChI=1S/C23H28F4N2O3/c1-3-5-6-7-9-16-13-28-22(29-14-16)18-11-10-17(12-19(18)24)32-20(23(25,26)27)15-31-21(30)8-4-2/h10-14,20H,3-9,15H2,1-2H3. The maximum Gasteiger partial charge on any atom is 0.428 e. The molecule has 2 rings (SSSR count). The molecule has 1 heterocycles. The predicted octanol–water partition coefficient (Wildman–Crippen LogP) is 6.06. The number of benzene rings is 1. The van der Waals surface area contributed by atoms with Crippen LogP contribution in [-0.2, 0) is 16.0 Å². The molecule has 0 aliphatic heterocycles. The van der Waals surface area contributed by atoms with Crippen LogP contribution < -0.4 is 4.74 Å². The molecule has 0 amide bonds. The maximum absolute atomic E-state index is 14.6. The first-order chi connectivity index (χ1) is 15.2. The number of aromatic nitrogens is 2. The topological polar surface area (TPSA) is 61.3 Å². The first-order valence-corrected chi connectivity index (χ1v) is 10.7. The average molecular weight is 456 g/mol. The number of hydrogen-bond donors (Lipinski definition) is 0. The van der Waals surface area contributed by atoms with Crippen LogP contribution >= 0.6 is 0 Å². The number of alkyl halides is 3. The van der Waals surface area contributed by atoms with Crippen LogP contribution in [0.15, 0.2) is 30.6 Å². The van der Waals surface area contributed by atoms with E-state index in [1.165, 1.54) is 12.1 Å². The van der Waals surface area contributed by atoms with Crippen LogP contribution in [0.2, 0.25) is 0 Å². The Morgan fingerprint density at radius 1 is 1.06 bits per heavy atom. The van der Waals surface area contributed by atoms with Crippen molar-refractivity contribution in [1.29, 1.82) is 0 Å². The minimum Gasteiger partial charge on any atom is -0.477 e. The lowest BCUT2D eigenvalue weighted by Gasteiger charge is -2.21. The molecule has 1 aromatic carbocycles. The lowest BCUT2D eigenvalue weighted by molar-refractivity contribution is -0.209. The van der Waals surface area contributed by atoms with Crippen LogP contribution in [0.25, 0.3) is 11.4 Å². The van der Waals surface area contributed by atoms with Crippen LogP contribution in [0.5, 0.6) is 5.75 Å². The molecule has 1 atom stereocenters. The molecular formula is C23H28F4N2O3. The summed E-state index contributed by atoms with van der Waals surface area (Å²) < 4.78 is 63.7. The third-order valence-electron chi connectivity index (χ3n) is 4.70. The fraction of sp³-hybridized carbons (Fsp3) is 0.522. The number of nitrogens with zero attached hydrogens (tertiary/aromatic N) is 2. The number of halogens is 4. The van der Waals surface area contributed by atoms with Crippen LogP contribution in [0.3, 0.4) is 0 Å². The van der Waals surface area contributed by atoms with E-state index in [2.05, 4.69) is 21.6 Å². The average Bonchev–Trinajstić information content (AvgIpc) is 2.74. The summed E-state index contributed by atoms with van der Waals surface area (Å²) in [5.74, 6) is -1.78. The molecule has 2 aromatic rings. The molecule has 176 valence electrons. The number of hydrogen-bond acceptors (Lipinski definition) is 5. The van der Waals surface area contributed by atoms with E-state index in [1.54, 1.807) is 19.3 Å². The molecule has 0 saturated carbocycles. The summed E-state index contributed by atoms with van der Waals surface area (Å²) in [4.78, 5) is 19.7. The lowest BCUT2D eigenvalue weighted by Crippen LogP contribution is -2.39. The Hall–Kier alpha value is -2.71. The minimum absolute atomic E-state index is 0.00539. The highest BCUT2D eigenvalue weighted by Gasteiger charge is 2.43. The summed E-state index contributed by atoms with van der Waals surface area (Å²) in [5.41, 5.74) is 0.990. The first-order valence-electron chi connectivity index (χ1n) is 10.7. The number of esters is 1. The van der Waals surface area contributed by atoms with E-state index < -0.39 is 30.7 Å². The van der Waals surface area contributed by atoms with Gasteiger partial charge in [-0.15, -0.1) is 0 Å². The van der Waals surface area contributed by atoms with Crippen LogP contribution in [0.1, 0.15) is 57.9 Å². The first kappa shape index (κ1) is 25.5. The molecular weight excluding hydrogens is 428 g/mol. The van der Waals surface area contributed by atoms with Crippen LogP contribution in [0, 0.1) is 5.82 Å². The van der Waals surface area contributed by atoms with Gasteiger partial charge < -0.3 is 9.47 Å². The zero-order valence-corrected chi connectivity index (χ0v) is 18.3.